The zero-order chi connectivity index (χ0) is 22.6. The van der Waals surface area contributed by atoms with Crippen LogP contribution in [0.3, 0.4) is 0 Å². The number of carbonyl (C=O) groups excluding carboxylic acids is 1. The van der Waals surface area contributed by atoms with Crippen molar-refractivity contribution >= 4 is 16.8 Å². The normalized spacial score (nSPS) is 17.6. The Labute approximate surface area is 193 Å². The molecule has 0 radical (unpaired) electrons. The van der Waals surface area contributed by atoms with Crippen LogP contribution >= 0.6 is 0 Å². The van der Waals surface area contributed by atoms with E-state index >= 15 is 0 Å². The van der Waals surface area contributed by atoms with Crippen LogP contribution in [-0.2, 0) is 4.74 Å². The number of morpholine rings is 1. The molecule has 0 bridgehead atoms. The fourth-order valence-corrected chi connectivity index (χ4v) is 4.56. The van der Waals surface area contributed by atoms with Crippen LogP contribution in [0.25, 0.3) is 10.9 Å². The third-order valence-corrected chi connectivity index (χ3v) is 6.41. The van der Waals surface area contributed by atoms with Crippen molar-refractivity contribution < 1.29 is 14.3 Å². The van der Waals surface area contributed by atoms with Crippen molar-refractivity contribution in [2.24, 2.45) is 0 Å². The van der Waals surface area contributed by atoms with Crippen LogP contribution in [0.2, 0.25) is 0 Å². The van der Waals surface area contributed by atoms with Gasteiger partial charge in [-0.15, -0.1) is 0 Å². The van der Waals surface area contributed by atoms with Gasteiger partial charge in [-0.25, -0.2) is 4.98 Å². The van der Waals surface area contributed by atoms with Gasteiger partial charge in [0.1, 0.15) is 17.2 Å². The van der Waals surface area contributed by atoms with E-state index in [4.69, 9.17) is 14.7 Å². The van der Waals surface area contributed by atoms with Gasteiger partial charge in [0.15, 0.2) is 0 Å². The van der Waals surface area contributed by atoms with E-state index in [1.54, 1.807) is 30.3 Å². The minimum absolute atomic E-state index is 0.00441. The zero-order valence-electron chi connectivity index (χ0n) is 18.4. The lowest BCUT2D eigenvalue weighted by atomic mass is 10.0. The second-order valence-electron chi connectivity index (χ2n) is 8.46. The van der Waals surface area contributed by atoms with Crippen LogP contribution in [0, 0.1) is 11.3 Å². The molecular weight excluding hydrogens is 416 g/mol. The first-order valence-electron chi connectivity index (χ1n) is 11.4. The summed E-state index contributed by atoms with van der Waals surface area (Å²) in [4.78, 5) is 22.1. The van der Waals surface area contributed by atoms with E-state index in [2.05, 4.69) is 16.0 Å². The van der Waals surface area contributed by atoms with Gasteiger partial charge in [0.25, 0.3) is 5.91 Å². The number of nitriles is 1. The van der Waals surface area contributed by atoms with E-state index in [-0.39, 0.29) is 5.91 Å². The molecule has 2 saturated heterocycles. The van der Waals surface area contributed by atoms with Crippen molar-refractivity contribution in [1.82, 2.24) is 14.8 Å². The molecule has 5 rings (SSSR count). The first-order valence-corrected chi connectivity index (χ1v) is 11.4. The molecule has 1 amide bonds. The average molecular weight is 443 g/mol. The number of aromatic nitrogens is 1. The molecule has 0 atom stereocenters. The maximum atomic E-state index is 13.1. The highest BCUT2D eigenvalue weighted by Crippen LogP contribution is 2.26. The number of hydrogen-bond acceptors (Lipinski definition) is 6. The number of amides is 1. The predicted molar refractivity (Wildman–Crippen MR) is 124 cm³/mol. The second-order valence-corrected chi connectivity index (χ2v) is 8.46. The number of piperidine rings is 1. The lowest BCUT2D eigenvalue weighted by Gasteiger charge is -2.40. The van der Waals surface area contributed by atoms with Crippen molar-refractivity contribution in [1.29, 1.82) is 5.26 Å². The molecule has 168 valence electrons. The molecule has 0 saturated carbocycles. The van der Waals surface area contributed by atoms with E-state index < -0.39 is 0 Å². The number of hydrogen-bond donors (Lipinski definition) is 0. The van der Waals surface area contributed by atoms with Crippen molar-refractivity contribution in [3.63, 3.8) is 0 Å². The Balaban J connectivity index is 1.24. The summed E-state index contributed by atoms with van der Waals surface area (Å²) in [7, 11) is 0. The molecule has 7 heteroatoms. The van der Waals surface area contributed by atoms with Crippen LogP contribution in [0.4, 0.5) is 0 Å². The number of fused-ring (bicyclic) bond motifs is 1. The quantitative estimate of drug-likeness (QED) is 0.611. The smallest absolute Gasteiger partial charge is 0.272 e. The largest absolute Gasteiger partial charge is 0.457 e. The number of rotatable bonds is 4. The molecule has 2 aliphatic heterocycles. The molecule has 0 N–H and O–H groups in total. The van der Waals surface area contributed by atoms with Crippen LogP contribution in [0.1, 0.15) is 28.9 Å². The van der Waals surface area contributed by atoms with Crippen molar-refractivity contribution in [2.45, 2.75) is 18.9 Å². The lowest BCUT2D eigenvalue weighted by Crippen LogP contribution is -2.50. The van der Waals surface area contributed by atoms with Gasteiger partial charge in [-0.05, 0) is 61.4 Å². The van der Waals surface area contributed by atoms with Crippen LogP contribution in [0.15, 0.2) is 54.6 Å². The number of ether oxygens (including phenoxy) is 2. The maximum Gasteiger partial charge on any atom is 0.272 e. The maximum absolute atomic E-state index is 13.1. The van der Waals surface area contributed by atoms with Crippen LogP contribution < -0.4 is 4.74 Å². The van der Waals surface area contributed by atoms with Gasteiger partial charge in [-0.1, -0.05) is 6.07 Å². The number of nitrogens with zero attached hydrogens (tertiary/aromatic N) is 4. The number of pyridine rings is 1. The molecule has 33 heavy (non-hydrogen) atoms. The van der Waals surface area contributed by atoms with Gasteiger partial charge in [-0.3, -0.25) is 9.69 Å². The summed E-state index contributed by atoms with van der Waals surface area (Å²) in [5, 5.41) is 9.82. The Morgan fingerprint density at radius 1 is 0.970 bits per heavy atom. The minimum Gasteiger partial charge on any atom is -0.457 e. The molecular formula is C26H26N4O3. The standard InChI is InChI=1S/C26H26N4O3/c27-18-19-1-4-22(5-2-19)33-23-6-8-24-20(17-23)3-7-25(28-24)26(31)30-11-9-21(10-12-30)29-13-15-32-16-14-29/h1-8,17,21H,9-16H2. The Hall–Kier alpha value is -3.47. The summed E-state index contributed by atoms with van der Waals surface area (Å²) >= 11 is 0. The first kappa shape index (κ1) is 21.4. The van der Waals surface area contributed by atoms with E-state index in [1.807, 2.05) is 29.2 Å². The fourth-order valence-electron chi connectivity index (χ4n) is 4.56. The Bertz CT molecular complexity index is 1170. The van der Waals surface area contributed by atoms with Gasteiger partial charge in [-0.2, -0.15) is 5.26 Å². The summed E-state index contributed by atoms with van der Waals surface area (Å²) in [6, 6.07) is 18.9. The monoisotopic (exact) mass is 442 g/mol. The molecule has 1 aromatic heterocycles. The highest BCUT2D eigenvalue weighted by Gasteiger charge is 2.28. The molecule has 7 nitrogen and oxygen atoms in total. The predicted octanol–water partition coefficient (Wildman–Crippen LogP) is 3.84. The molecule has 0 spiro atoms. The minimum atomic E-state index is -0.00441. The Morgan fingerprint density at radius 3 is 2.42 bits per heavy atom. The van der Waals surface area contributed by atoms with Crippen molar-refractivity contribution in [2.75, 3.05) is 39.4 Å². The first-order chi connectivity index (χ1) is 16.2. The van der Waals surface area contributed by atoms with Crippen LogP contribution in [-0.4, -0.2) is 66.1 Å². The summed E-state index contributed by atoms with van der Waals surface area (Å²) in [5.41, 5.74) is 1.83. The molecule has 3 aromatic rings. The fraction of sp³-hybridized carbons (Fsp3) is 0.346. The summed E-state index contributed by atoms with van der Waals surface area (Å²) in [6.45, 7) is 5.11. The highest BCUT2D eigenvalue weighted by atomic mass is 16.5. The SMILES string of the molecule is N#Cc1ccc(Oc2ccc3nc(C(=O)N4CCC(N5CCOCC5)CC4)ccc3c2)cc1. The van der Waals surface area contributed by atoms with E-state index in [0.717, 1.165) is 63.1 Å². The topological polar surface area (TPSA) is 78.7 Å². The van der Waals surface area contributed by atoms with Gasteiger partial charge in [0, 0.05) is 37.6 Å². The van der Waals surface area contributed by atoms with Crippen LogP contribution in [0.5, 0.6) is 11.5 Å². The molecule has 2 fully saturated rings. The van der Waals surface area contributed by atoms with E-state index in [1.165, 1.54) is 0 Å². The number of likely N-dealkylation sites (tertiary alicyclic amines) is 1. The van der Waals surface area contributed by atoms with Gasteiger partial charge in [0.05, 0.1) is 30.4 Å². The molecule has 2 aliphatic rings. The Kier molecular flexibility index (Phi) is 6.20. The third-order valence-electron chi connectivity index (χ3n) is 6.41. The molecule has 0 unspecified atom stereocenters. The summed E-state index contributed by atoms with van der Waals surface area (Å²) < 4.78 is 11.4. The molecule has 3 heterocycles. The summed E-state index contributed by atoms with van der Waals surface area (Å²) in [5.74, 6) is 1.34. The van der Waals surface area contributed by atoms with Crippen molar-refractivity contribution in [3.05, 3.63) is 65.9 Å². The van der Waals surface area contributed by atoms with Gasteiger partial charge >= 0.3 is 0 Å². The summed E-state index contributed by atoms with van der Waals surface area (Å²) in [6.07, 6.45) is 1.99. The Morgan fingerprint density at radius 2 is 1.70 bits per heavy atom. The van der Waals surface area contributed by atoms with Crippen molar-refractivity contribution in [3.8, 4) is 17.6 Å². The number of carbonyl (C=O) groups is 1. The third kappa shape index (κ3) is 4.82. The molecule has 0 aliphatic carbocycles. The van der Waals surface area contributed by atoms with E-state index in [0.29, 0.717) is 28.8 Å². The highest BCUT2D eigenvalue weighted by molar-refractivity contribution is 5.95. The second kappa shape index (κ2) is 9.57. The molecule has 2 aromatic carbocycles. The lowest BCUT2D eigenvalue weighted by molar-refractivity contribution is 0.00153. The van der Waals surface area contributed by atoms with Gasteiger partial charge < -0.3 is 14.4 Å². The number of benzene rings is 2. The average Bonchev–Trinajstić information content (AvgIpc) is 2.89. The van der Waals surface area contributed by atoms with E-state index in [9.17, 15) is 4.79 Å². The zero-order valence-corrected chi connectivity index (χ0v) is 18.4. The van der Waals surface area contributed by atoms with Gasteiger partial charge in [0.2, 0.25) is 0 Å².